The first kappa shape index (κ1) is 17.0. The lowest BCUT2D eigenvalue weighted by molar-refractivity contribution is -0.139. The third kappa shape index (κ3) is 4.20. The Kier molecular flexibility index (Phi) is 6.46. The van der Waals surface area contributed by atoms with Crippen LogP contribution in [0.15, 0.2) is 0 Å². The standard InChI is InChI=1S/C15H28N2O3/c1-6-20-9-12(10(2)3)17-8-7-13(18)16-14(11(4)5)15(17)19/h10-12,14H,6-9H2,1-5H3,(H,16,18). The summed E-state index contributed by atoms with van der Waals surface area (Å²) in [5.74, 6) is 0.362. The van der Waals surface area contributed by atoms with Crippen molar-refractivity contribution in [3.63, 3.8) is 0 Å². The van der Waals surface area contributed by atoms with Gasteiger partial charge < -0.3 is 15.0 Å². The molecule has 2 amide bonds. The van der Waals surface area contributed by atoms with Crippen LogP contribution in [-0.4, -0.2) is 48.6 Å². The van der Waals surface area contributed by atoms with Crippen LogP contribution in [0, 0.1) is 11.8 Å². The number of hydrogen-bond acceptors (Lipinski definition) is 3. The SMILES string of the molecule is CCOCC(C(C)C)N1CCC(=O)NC(C(C)C)C1=O. The van der Waals surface area contributed by atoms with Gasteiger partial charge in [0.25, 0.3) is 0 Å². The molecule has 0 aromatic rings. The first-order valence-electron chi connectivity index (χ1n) is 7.56. The fraction of sp³-hybridized carbons (Fsp3) is 0.867. The fourth-order valence-electron chi connectivity index (χ4n) is 2.48. The Hall–Kier alpha value is -1.10. The molecule has 1 saturated heterocycles. The Morgan fingerprint density at radius 1 is 1.30 bits per heavy atom. The topological polar surface area (TPSA) is 58.6 Å². The van der Waals surface area contributed by atoms with Gasteiger partial charge >= 0.3 is 0 Å². The van der Waals surface area contributed by atoms with Crippen molar-refractivity contribution in [1.29, 1.82) is 0 Å². The number of rotatable bonds is 6. The lowest BCUT2D eigenvalue weighted by Gasteiger charge is -2.35. The van der Waals surface area contributed by atoms with Gasteiger partial charge in [-0.25, -0.2) is 0 Å². The molecule has 1 aliphatic heterocycles. The molecular formula is C15H28N2O3. The van der Waals surface area contributed by atoms with E-state index in [4.69, 9.17) is 4.74 Å². The minimum absolute atomic E-state index is 0.0178. The summed E-state index contributed by atoms with van der Waals surface area (Å²) in [5.41, 5.74) is 0. The number of nitrogens with zero attached hydrogens (tertiary/aromatic N) is 1. The Morgan fingerprint density at radius 3 is 2.45 bits per heavy atom. The molecule has 0 spiro atoms. The number of nitrogens with one attached hydrogen (secondary N) is 1. The molecule has 1 aliphatic rings. The zero-order chi connectivity index (χ0) is 15.3. The lowest BCUT2D eigenvalue weighted by Crippen LogP contribution is -2.53. The Morgan fingerprint density at radius 2 is 1.95 bits per heavy atom. The van der Waals surface area contributed by atoms with Gasteiger partial charge in [0.2, 0.25) is 11.8 Å². The number of amides is 2. The highest BCUT2D eigenvalue weighted by molar-refractivity contribution is 5.90. The van der Waals surface area contributed by atoms with E-state index in [2.05, 4.69) is 19.2 Å². The largest absolute Gasteiger partial charge is 0.380 e. The van der Waals surface area contributed by atoms with Crippen molar-refractivity contribution in [2.45, 2.75) is 53.1 Å². The molecule has 1 heterocycles. The Labute approximate surface area is 122 Å². The molecule has 0 aromatic heterocycles. The van der Waals surface area contributed by atoms with Crippen molar-refractivity contribution >= 4 is 11.8 Å². The molecule has 0 radical (unpaired) electrons. The van der Waals surface area contributed by atoms with E-state index < -0.39 is 6.04 Å². The summed E-state index contributed by atoms with van der Waals surface area (Å²) in [4.78, 5) is 26.3. The average Bonchev–Trinajstić information content (AvgIpc) is 2.51. The smallest absolute Gasteiger partial charge is 0.245 e. The van der Waals surface area contributed by atoms with Gasteiger partial charge in [-0.3, -0.25) is 9.59 Å². The summed E-state index contributed by atoms with van der Waals surface area (Å²) < 4.78 is 5.52. The van der Waals surface area contributed by atoms with E-state index >= 15 is 0 Å². The minimum Gasteiger partial charge on any atom is -0.380 e. The van der Waals surface area contributed by atoms with Crippen molar-refractivity contribution in [1.82, 2.24) is 10.2 Å². The van der Waals surface area contributed by atoms with Crippen LogP contribution < -0.4 is 5.32 Å². The summed E-state index contributed by atoms with van der Waals surface area (Å²) in [6.07, 6.45) is 0.365. The van der Waals surface area contributed by atoms with E-state index in [9.17, 15) is 9.59 Å². The second-order valence-electron chi connectivity index (χ2n) is 6.04. The lowest BCUT2D eigenvalue weighted by atomic mass is 9.99. The van der Waals surface area contributed by atoms with E-state index in [1.54, 1.807) is 0 Å². The third-order valence-corrected chi connectivity index (χ3v) is 3.77. The summed E-state index contributed by atoms with van der Waals surface area (Å²) in [6.45, 7) is 11.7. The van der Waals surface area contributed by atoms with Gasteiger partial charge in [-0.1, -0.05) is 27.7 Å². The van der Waals surface area contributed by atoms with Crippen LogP contribution in [-0.2, 0) is 14.3 Å². The van der Waals surface area contributed by atoms with E-state index in [0.717, 1.165) is 0 Å². The van der Waals surface area contributed by atoms with Crippen LogP contribution in [0.3, 0.4) is 0 Å². The van der Waals surface area contributed by atoms with Crippen molar-refractivity contribution < 1.29 is 14.3 Å². The van der Waals surface area contributed by atoms with Crippen molar-refractivity contribution in [3.05, 3.63) is 0 Å². The van der Waals surface area contributed by atoms with Crippen LogP contribution in [0.5, 0.6) is 0 Å². The molecule has 5 nitrogen and oxygen atoms in total. The third-order valence-electron chi connectivity index (χ3n) is 3.77. The molecule has 20 heavy (non-hydrogen) atoms. The maximum absolute atomic E-state index is 12.7. The first-order valence-corrected chi connectivity index (χ1v) is 7.56. The van der Waals surface area contributed by atoms with Crippen molar-refractivity contribution in [3.8, 4) is 0 Å². The Balaban J connectivity index is 2.93. The Bertz CT molecular complexity index is 342. The molecule has 1 N–H and O–H groups in total. The van der Waals surface area contributed by atoms with Gasteiger partial charge in [0.1, 0.15) is 6.04 Å². The monoisotopic (exact) mass is 284 g/mol. The highest BCUT2D eigenvalue weighted by atomic mass is 16.5. The zero-order valence-electron chi connectivity index (χ0n) is 13.3. The summed E-state index contributed by atoms with van der Waals surface area (Å²) in [6, 6.07) is -0.399. The van der Waals surface area contributed by atoms with Crippen LogP contribution in [0.2, 0.25) is 0 Å². The highest BCUT2D eigenvalue weighted by Crippen LogP contribution is 2.18. The summed E-state index contributed by atoms with van der Waals surface area (Å²) >= 11 is 0. The van der Waals surface area contributed by atoms with E-state index in [1.807, 2.05) is 25.7 Å². The molecule has 0 bridgehead atoms. The second kappa shape index (κ2) is 7.62. The van der Waals surface area contributed by atoms with Gasteiger partial charge in [-0.2, -0.15) is 0 Å². The molecule has 1 fully saturated rings. The molecule has 1 rings (SSSR count). The molecule has 116 valence electrons. The molecular weight excluding hydrogens is 256 g/mol. The van der Waals surface area contributed by atoms with Crippen LogP contribution in [0.25, 0.3) is 0 Å². The van der Waals surface area contributed by atoms with Crippen LogP contribution in [0.1, 0.15) is 41.0 Å². The number of carbonyl (C=O) groups is 2. The zero-order valence-corrected chi connectivity index (χ0v) is 13.3. The summed E-state index contributed by atoms with van der Waals surface area (Å²) in [7, 11) is 0. The first-order chi connectivity index (χ1) is 9.38. The fourth-order valence-corrected chi connectivity index (χ4v) is 2.48. The van der Waals surface area contributed by atoms with Gasteiger partial charge in [-0.15, -0.1) is 0 Å². The van der Waals surface area contributed by atoms with Crippen molar-refractivity contribution in [2.75, 3.05) is 19.8 Å². The molecule has 5 heteroatoms. The molecule has 0 saturated carbocycles. The maximum atomic E-state index is 12.7. The quantitative estimate of drug-likeness (QED) is 0.802. The predicted molar refractivity (Wildman–Crippen MR) is 78.2 cm³/mol. The summed E-state index contributed by atoms with van der Waals surface area (Å²) in [5, 5.41) is 2.84. The van der Waals surface area contributed by atoms with Gasteiger partial charge in [0, 0.05) is 19.6 Å². The minimum atomic E-state index is -0.423. The maximum Gasteiger partial charge on any atom is 0.245 e. The van der Waals surface area contributed by atoms with E-state index in [-0.39, 0.29) is 23.8 Å². The molecule has 2 unspecified atom stereocenters. The molecule has 0 aromatic carbocycles. The number of hydrogen-bond donors (Lipinski definition) is 1. The predicted octanol–water partition coefficient (Wildman–Crippen LogP) is 1.42. The highest BCUT2D eigenvalue weighted by Gasteiger charge is 2.36. The van der Waals surface area contributed by atoms with E-state index in [0.29, 0.717) is 32.1 Å². The van der Waals surface area contributed by atoms with Gasteiger partial charge in [-0.05, 0) is 18.8 Å². The van der Waals surface area contributed by atoms with Crippen LogP contribution >= 0.6 is 0 Å². The molecule has 0 aliphatic carbocycles. The van der Waals surface area contributed by atoms with Crippen molar-refractivity contribution in [2.24, 2.45) is 11.8 Å². The van der Waals surface area contributed by atoms with Crippen LogP contribution in [0.4, 0.5) is 0 Å². The number of ether oxygens (including phenoxy) is 1. The van der Waals surface area contributed by atoms with Gasteiger partial charge in [0.05, 0.1) is 12.6 Å². The van der Waals surface area contributed by atoms with Gasteiger partial charge in [0.15, 0.2) is 0 Å². The second-order valence-corrected chi connectivity index (χ2v) is 6.04. The van der Waals surface area contributed by atoms with E-state index in [1.165, 1.54) is 0 Å². The molecule has 2 atom stereocenters. The average molecular weight is 284 g/mol. The normalized spacial score (nSPS) is 22.1. The number of carbonyl (C=O) groups excluding carboxylic acids is 2.